The van der Waals surface area contributed by atoms with Crippen molar-refractivity contribution in [3.8, 4) is 71.5 Å². The van der Waals surface area contributed by atoms with E-state index in [4.69, 9.17) is 14.4 Å². The summed E-state index contributed by atoms with van der Waals surface area (Å²) in [6, 6.07) is 58.2. The van der Waals surface area contributed by atoms with Gasteiger partial charge in [0.15, 0.2) is 0 Å². The first-order valence-electron chi connectivity index (χ1n) is 17.9. The Hall–Kier alpha value is -6.82. The Morgan fingerprint density at radius 1 is 0.444 bits per heavy atom. The summed E-state index contributed by atoms with van der Waals surface area (Å²) in [6.07, 6.45) is 0. The first-order valence-corrected chi connectivity index (χ1v) is 18.8. The number of aryl methyl sites for hydroxylation is 1. The molecule has 6 aromatic carbocycles. The highest BCUT2D eigenvalue weighted by Crippen LogP contribution is 2.41. The summed E-state index contributed by atoms with van der Waals surface area (Å²) in [7, 11) is 0. The molecular weight excluding hydrogens is 681 g/mol. The van der Waals surface area contributed by atoms with Gasteiger partial charge in [-0.3, -0.25) is 4.98 Å². The monoisotopic (exact) mass is 712 g/mol. The Kier molecular flexibility index (Phi) is 7.67. The molecule has 0 aliphatic rings. The molecule has 4 aromatic heterocycles. The Balaban J connectivity index is 1.02. The lowest BCUT2D eigenvalue weighted by Gasteiger charge is -2.13. The van der Waals surface area contributed by atoms with Gasteiger partial charge in [0.25, 0.3) is 0 Å². The molecule has 0 fully saturated rings. The third-order valence-corrected chi connectivity index (χ3v) is 11.3. The molecule has 1 N–H and O–H groups in total. The number of aromatic hydroxyl groups is 1. The van der Waals surface area contributed by atoms with Crippen molar-refractivity contribution < 1.29 is 9.52 Å². The number of benzene rings is 6. The number of hydrogen-bond acceptors (Lipinski definition) is 5. The smallest absolute Gasteiger partial charge is 0.136 e. The number of rotatable bonds is 6. The topological polar surface area (TPSA) is 59.2 Å². The van der Waals surface area contributed by atoms with Gasteiger partial charge in [-0.1, -0.05) is 103 Å². The van der Waals surface area contributed by atoms with Crippen LogP contribution in [0.15, 0.2) is 174 Å². The van der Waals surface area contributed by atoms with Gasteiger partial charge in [-0.2, -0.15) is 0 Å². The van der Waals surface area contributed by atoms with E-state index >= 15 is 0 Å². The lowest BCUT2D eigenvalue weighted by atomic mass is 9.97. The average Bonchev–Trinajstić information content (AvgIpc) is 3.87. The minimum Gasteiger partial charge on any atom is -0.507 e. The molecule has 0 bridgehead atoms. The van der Waals surface area contributed by atoms with E-state index in [0.717, 1.165) is 83.2 Å². The summed E-state index contributed by atoms with van der Waals surface area (Å²) in [5.41, 5.74) is 12.2. The molecule has 0 atom stereocenters. The molecule has 54 heavy (non-hydrogen) atoms. The van der Waals surface area contributed by atoms with Crippen LogP contribution in [0.1, 0.15) is 5.69 Å². The highest BCUT2D eigenvalue weighted by molar-refractivity contribution is 7.18. The third-order valence-electron chi connectivity index (χ3n) is 10.1. The fraction of sp³-hybridized carbons (Fsp3) is 0.0204. The van der Waals surface area contributed by atoms with Crippen LogP contribution < -0.4 is 0 Å². The SMILES string of the molecule is Cc1cc(-c2ccc(-c3ccc4c(c3)oc3ccccc34)s2)cc(-c2cccc(-c3cc(-c4ccccc4)cc(-c4ccc5ccccc5c4O)n3)c2)n1. The third kappa shape index (κ3) is 5.72. The largest absolute Gasteiger partial charge is 0.507 e. The summed E-state index contributed by atoms with van der Waals surface area (Å²) in [6.45, 7) is 2.05. The fourth-order valence-electron chi connectivity index (χ4n) is 7.40. The zero-order valence-corrected chi connectivity index (χ0v) is 30.1. The molecular formula is C49H32N2O2S. The van der Waals surface area contributed by atoms with Gasteiger partial charge in [0, 0.05) is 48.3 Å². The number of phenols is 1. The Morgan fingerprint density at radius 2 is 1.11 bits per heavy atom. The van der Waals surface area contributed by atoms with Crippen LogP contribution in [0.2, 0.25) is 0 Å². The number of furan rings is 1. The summed E-state index contributed by atoms with van der Waals surface area (Å²) < 4.78 is 6.19. The van der Waals surface area contributed by atoms with Crippen molar-refractivity contribution in [2.75, 3.05) is 0 Å². The number of fused-ring (bicyclic) bond motifs is 4. The maximum atomic E-state index is 11.4. The Morgan fingerprint density at radius 3 is 1.96 bits per heavy atom. The zero-order valence-electron chi connectivity index (χ0n) is 29.3. The van der Waals surface area contributed by atoms with Gasteiger partial charge in [-0.15, -0.1) is 11.3 Å². The van der Waals surface area contributed by atoms with E-state index in [-0.39, 0.29) is 5.75 Å². The van der Waals surface area contributed by atoms with E-state index < -0.39 is 0 Å². The van der Waals surface area contributed by atoms with Gasteiger partial charge in [0.1, 0.15) is 16.9 Å². The molecule has 0 radical (unpaired) electrons. The first kappa shape index (κ1) is 31.9. The first-order chi connectivity index (χ1) is 26.5. The molecule has 0 aliphatic heterocycles. The number of pyridine rings is 2. The van der Waals surface area contributed by atoms with E-state index in [1.165, 1.54) is 9.75 Å². The van der Waals surface area contributed by atoms with Crippen LogP contribution in [0.5, 0.6) is 5.75 Å². The highest BCUT2D eigenvalue weighted by Gasteiger charge is 2.16. The van der Waals surface area contributed by atoms with Crippen LogP contribution in [0, 0.1) is 6.92 Å². The summed E-state index contributed by atoms with van der Waals surface area (Å²) in [4.78, 5) is 12.5. The Bertz CT molecular complexity index is 3030. The van der Waals surface area contributed by atoms with Crippen molar-refractivity contribution in [2.45, 2.75) is 6.92 Å². The van der Waals surface area contributed by atoms with Gasteiger partial charge in [-0.25, -0.2) is 4.98 Å². The van der Waals surface area contributed by atoms with Crippen molar-refractivity contribution in [3.05, 3.63) is 176 Å². The predicted octanol–water partition coefficient (Wildman–Crippen LogP) is 13.6. The molecule has 0 saturated heterocycles. The molecule has 0 aliphatic carbocycles. The van der Waals surface area contributed by atoms with Crippen LogP contribution >= 0.6 is 11.3 Å². The number of aromatic nitrogens is 2. The highest BCUT2D eigenvalue weighted by atomic mass is 32.1. The summed E-state index contributed by atoms with van der Waals surface area (Å²) >= 11 is 1.77. The van der Waals surface area contributed by atoms with Gasteiger partial charge in [-0.05, 0) is 101 Å². The van der Waals surface area contributed by atoms with E-state index in [2.05, 4.69) is 97.1 Å². The van der Waals surface area contributed by atoms with Crippen molar-refractivity contribution in [1.29, 1.82) is 0 Å². The van der Waals surface area contributed by atoms with Gasteiger partial charge in [0.2, 0.25) is 0 Å². The van der Waals surface area contributed by atoms with Gasteiger partial charge in [0.05, 0.1) is 17.1 Å². The van der Waals surface area contributed by atoms with Crippen LogP contribution in [0.4, 0.5) is 0 Å². The predicted molar refractivity (Wildman–Crippen MR) is 224 cm³/mol. The Labute approximate surface area is 316 Å². The van der Waals surface area contributed by atoms with E-state index in [1.807, 2.05) is 79.7 Å². The molecule has 0 unspecified atom stereocenters. The van der Waals surface area contributed by atoms with Gasteiger partial charge < -0.3 is 9.52 Å². The minimum atomic E-state index is 0.230. The summed E-state index contributed by atoms with van der Waals surface area (Å²) in [5, 5.41) is 15.5. The normalized spacial score (nSPS) is 11.5. The van der Waals surface area contributed by atoms with Crippen molar-refractivity contribution in [3.63, 3.8) is 0 Å². The molecule has 256 valence electrons. The quantitative estimate of drug-likeness (QED) is 0.186. The lowest BCUT2D eigenvalue weighted by molar-refractivity contribution is 0.483. The zero-order chi connectivity index (χ0) is 36.2. The van der Waals surface area contributed by atoms with Crippen LogP contribution in [-0.2, 0) is 0 Å². The van der Waals surface area contributed by atoms with Crippen LogP contribution in [0.3, 0.4) is 0 Å². The van der Waals surface area contributed by atoms with E-state index in [9.17, 15) is 5.11 Å². The number of nitrogens with zero attached hydrogens (tertiary/aromatic N) is 2. The number of para-hydroxylation sites is 1. The van der Waals surface area contributed by atoms with Crippen molar-refractivity contribution in [1.82, 2.24) is 9.97 Å². The number of hydrogen-bond donors (Lipinski definition) is 1. The standard InChI is InChI=1S/C49H32N2O2S/c1-30-24-37(48-23-22-47(54-48)35-19-20-40-39-16-7-8-17-45(39)53-46(40)29-35)28-42(50-30)33-13-9-14-34(25-33)43-26-36(31-10-3-2-4-11-31)27-44(51-43)41-21-18-32-12-5-6-15-38(32)49(41)52/h2-29,52H,1H3. The van der Waals surface area contributed by atoms with Crippen molar-refractivity contribution >= 4 is 44.0 Å². The summed E-state index contributed by atoms with van der Waals surface area (Å²) in [5.74, 6) is 0.230. The second-order valence-corrected chi connectivity index (χ2v) is 14.7. The molecule has 0 spiro atoms. The average molecular weight is 713 g/mol. The van der Waals surface area contributed by atoms with Crippen LogP contribution in [0.25, 0.3) is 98.5 Å². The lowest BCUT2D eigenvalue weighted by Crippen LogP contribution is -1.93. The second kappa shape index (κ2) is 13.0. The number of thiophene rings is 1. The molecule has 10 rings (SSSR count). The molecule has 4 heterocycles. The maximum absolute atomic E-state index is 11.4. The minimum absolute atomic E-state index is 0.230. The number of phenolic OH excluding ortho intramolecular Hbond substituents is 1. The second-order valence-electron chi connectivity index (χ2n) is 13.6. The van der Waals surface area contributed by atoms with E-state index in [0.29, 0.717) is 11.3 Å². The fourth-order valence-corrected chi connectivity index (χ4v) is 8.39. The molecule has 0 amide bonds. The molecule has 10 aromatic rings. The van der Waals surface area contributed by atoms with Gasteiger partial charge >= 0.3 is 0 Å². The van der Waals surface area contributed by atoms with Crippen LogP contribution in [-0.4, -0.2) is 15.1 Å². The van der Waals surface area contributed by atoms with E-state index in [1.54, 1.807) is 11.3 Å². The molecule has 5 heteroatoms. The van der Waals surface area contributed by atoms with Crippen molar-refractivity contribution in [2.24, 2.45) is 0 Å². The maximum Gasteiger partial charge on any atom is 0.136 e. The molecule has 4 nitrogen and oxygen atoms in total. The molecule has 0 saturated carbocycles.